The molecule has 0 radical (unpaired) electrons. The summed E-state index contributed by atoms with van der Waals surface area (Å²) in [5.41, 5.74) is 2.21. The van der Waals surface area contributed by atoms with E-state index in [2.05, 4.69) is 25.6 Å². The summed E-state index contributed by atoms with van der Waals surface area (Å²) in [6.07, 6.45) is 3.05. The molecule has 2 aromatic heterocycles. The first-order valence-electron chi connectivity index (χ1n) is 7.63. The van der Waals surface area contributed by atoms with Crippen LogP contribution in [0.4, 0.5) is 5.95 Å². The molecule has 0 spiro atoms. The van der Waals surface area contributed by atoms with Gasteiger partial charge in [-0.1, -0.05) is 17.3 Å². The molecule has 8 nitrogen and oxygen atoms in total. The van der Waals surface area contributed by atoms with E-state index in [1.54, 1.807) is 9.58 Å². The van der Waals surface area contributed by atoms with E-state index in [9.17, 15) is 4.79 Å². The molecule has 0 aliphatic carbocycles. The summed E-state index contributed by atoms with van der Waals surface area (Å²) in [4.78, 5) is 22.4. The fourth-order valence-electron chi connectivity index (χ4n) is 2.33. The highest BCUT2D eigenvalue weighted by atomic mass is 16.1. The maximum absolute atomic E-state index is 12.3. The number of aromatic nitrogens is 5. The Bertz CT molecular complexity index is 841. The van der Waals surface area contributed by atoms with Gasteiger partial charge in [0.25, 0.3) is 5.91 Å². The van der Waals surface area contributed by atoms with Crippen LogP contribution >= 0.6 is 0 Å². The average molecular weight is 325 g/mol. The molecule has 1 amide bonds. The summed E-state index contributed by atoms with van der Waals surface area (Å²) in [6.45, 7) is 2.45. The van der Waals surface area contributed by atoms with E-state index in [-0.39, 0.29) is 11.9 Å². The minimum atomic E-state index is -0.211. The van der Waals surface area contributed by atoms with Gasteiger partial charge in [0.15, 0.2) is 0 Å². The van der Waals surface area contributed by atoms with Crippen LogP contribution in [0.25, 0.3) is 11.0 Å². The molecule has 0 saturated heterocycles. The molecule has 24 heavy (non-hydrogen) atoms. The summed E-state index contributed by atoms with van der Waals surface area (Å²) in [6, 6.07) is 7.61. The number of fused-ring (bicyclic) bond motifs is 1. The van der Waals surface area contributed by atoms with Gasteiger partial charge in [0.1, 0.15) is 5.52 Å². The van der Waals surface area contributed by atoms with Crippen LogP contribution in [0.1, 0.15) is 17.3 Å². The molecule has 3 rings (SSSR count). The van der Waals surface area contributed by atoms with Crippen molar-refractivity contribution < 1.29 is 4.79 Å². The Morgan fingerprint density at radius 1 is 1.25 bits per heavy atom. The topological polar surface area (TPSA) is 88.8 Å². The fourth-order valence-corrected chi connectivity index (χ4v) is 2.33. The highest BCUT2D eigenvalue weighted by Gasteiger charge is 2.13. The number of hydrogen-bond acceptors (Lipinski definition) is 6. The van der Waals surface area contributed by atoms with Gasteiger partial charge in [0.2, 0.25) is 5.95 Å². The molecule has 0 aliphatic heterocycles. The van der Waals surface area contributed by atoms with E-state index in [0.717, 1.165) is 11.0 Å². The predicted octanol–water partition coefficient (Wildman–Crippen LogP) is 1.11. The van der Waals surface area contributed by atoms with Gasteiger partial charge in [-0.05, 0) is 19.1 Å². The number of carbonyl (C=O) groups is 1. The summed E-state index contributed by atoms with van der Waals surface area (Å²) >= 11 is 0. The molecule has 1 N–H and O–H groups in total. The summed E-state index contributed by atoms with van der Waals surface area (Å²) in [5, 5.41) is 11.2. The standard InChI is InChI=1S/C16H19N7O/c1-11(10-23-14-7-5-4-6-13(14)20-21-23)19-15(24)12-8-17-16(18-9-12)22(2)3/h4-9,11H,10H2,1-3H3,(H,19,24)/t11-/m0/s1. The first-order valence-corrected chi connectivity index (χ1v) is 7.63. The first-order chi connectivity index (χ1) is 11.5. The van der Waals surface area contributed by atoms with Crippen molar-refractivity contribution in [2.24, 2.45) is 0 Å². The average Bonchev–Trinajstić information content (AvgIpc) is 2.98. The zero-order chi connectivity index (χ0) is 17.1. The second-order valence-corrected chi connectivity index (χ2v) is 5.80. The number of anilines is 1. The Morgan fingerprint density at radius 3 is 2.67 bits per heavy atom. The Morgan fingerprint density at radius 2 is 1.96 bits per heavy atom. The Kier molecular flexibility index (Phi) is 4.37. The summed E-state index contributed by atoms with van der Waals surface area (Å²) < 4.78 is 1.78. The van der Waals surface area contributed by atoms with Crippen LogP contribution in [0.3, 0.4) is 0 Å². The maximum Gasteiger partial charge on any atom is 0.254 e. The first kappa shape index (κ1) is 15.9. The molecule has 0 saturated carbocycles. The van der Waals surface area contributed by atoms with E-state index in [4.69, 9.17) is 0 Å². The van der Waals surface area contributed by atoms with Crippen molar-refractivity contribution in [3.8, 4) is 0 Å². The third-order valence-electron chi connectivity index (χ3n) is 3.54. The van der Waals surface area contributed by atoms with E-state index >= 15 is 0 Å². The Hall–Kier alpha value is -3.03. The summed E-state index contributed by atoms with van der Waals surface area (Å²) in [7, 11) is 3.69. The van der Waals surface area contributed by atoms with E-state index < -0.39 is 0 Å². The van der Waals surface area contributed by atoms with Crippen molar-refractivity contribution in [1.29, 1.82) is 0 Å². The predicted molar refractivity (Wildman–Crippen MR) is 90.8 cm³/mol. The van der Waals surface area contributed by atoms with Crippen molar-refractivity contribution >= 4 is 22.9 Å². The lowest BCUT2D eigenvalue weighted by Crippen LogP contribution is -2.36. The van der Waals surface area contributed by atoms with Crippen molar-refractivity contribution in [3.05, 3.63) is 42.2 Å². The lowest BCUT2D eigenvalue weighted by molar-refractivity contribution is 0.0935. The number of hydrogen-bond donors (Lipinski definition) is 1. The van der Waals surface area contributed by atoms with Gasteiger partial charge in [-0.3, -0.25) is 4.79 Å². The van der Waals surface area contributed by atoms with Crippen LogP contribution in [0.15, 0.2) is 36.7 Å². The molecule has 124 valence electrons. The molecule has 2 heterocycles. The van der Waals surface area contributed by atoms with E-state index in [0.29, 0.717) is 18.1 Å². The van der Waals surface area contributed by atoms with Gasteiger partial charge in [-0.15, -0.1) is 5.10 Å². The van der Waals surface area contributed by atoms with Crippen molar-refractivity contribution in [1.82, 2.24) is 30.3 Å². The highest BCUT2D eigenvalue weighted by Crippen LogP contribution is 2.10. The molecule has 0 aliphatic rings. The van der Waals surface area contributed by atoms with Crippen LogP contribution in [0.5, 0.6) is 0 Å². The number of carbonyl (C=O) groups excluding carboxylic acids is 1. The zero-order valence-electron chi connectivity index (χ0n) is 13.8. The van der Waals surface area contributed by atoms with Crippen LogP contribution in [-0.4, -0.2) is 51.0 Å². The minimum absolute atomic E-state index is 0.115. The Balaban J connectivity index is 1.65. The molecule has 8 heteroatoms. The van der Waals surface area contributed by atoms with Crippen LogP contribution < -0.4 is 10.2 Å². The van der Waals surface area contributed by atoms with Crippen molar-refractivity contribution in [2.75, 3.05) is 19.0 Å². The minimum Gasteiger partial charge on any atom is -0.348 e. The van der Waals surface area contributed by atoms with Gasteiger partial charge in [-0.25, -0.2) is 14.6 Å². The van der Waals surface area contributed by atoms with E-state index in [1.165, 1.54) is 12.4 Å². The van der Waals surface area contributed by atoms with Gasteiger partial charge in [0, 0.05) is 32.5 Å². The molecule has 1 atom stereocenters. The van der Waals surface area contributed by atoms with Gasteiger partial charge in [-0.2, -0.15) is 0 Å². The third-order valence-corrected chi connectivity index (χ3v) is 3.54. The number of rotatable bonds is 5. The second-order valence-electron chi connectivity index (χ2n) is 5.80. The molecular weight excluding hydrogens is 306 g/mol. The zero-order valence-corrected chi connectivity index (χ0v) is 13.8. The SMILES string of the molecule is C[C@@H](Cn1nnc2ccccc21)NC(=O)c1cnc(N(C)C)nc1. The van der Waals surface area contributed by atoms with Crippen molar-refractivity contribution in [2.45, 2.75) is 19.5 Å². The van der Waals surface area contributed by atoms with Crippen LogP contribution in [0.2, 0.25) is 0 Å². The molecule has 0 fully saturated rings. The molecule has 1 aromatic carbocycles. The van der Waals surface area contributed by atoms with Gasteiger partial charge in [0.05, 0.1) is 17.6 Å². The summed E-state index contributed by atoms with van der Waals surface area (Å²) in [5.74, 6) is 0.353. The molecular formula is C16H19N7O. The molecule has 0 unspecified atom stereocenters. The number of benzene rings is 1. The monoisotopic (exact) mass is 325 g/mol. The van der Waals surface area contributed by atoms with Crippen LogP contribution in [-0.2, 0) is 6.54 Å². The highest BCUT2D eigenvalue weighted by molar-refractivity contribution is 5.93. The van der Waals surface area contributed by atoms with E-state index in [1.807, 2.05) is 45.3 Å². The lowest BCUT2D eigenvalue weighted by atomic mass is 10.2. The Labute approximate surface area is 139 Å². The van der Waals surface area contributed by atoms with Gasteiger partial charge >= 0.3 is 0 Å². The number of nitrogens with zero attached hydrogens (tertiary/aromatic N) is 6. The third kappa shape index (κ3) is 3.32. The largest absolute Gasteiger partial charge is 0.348 e. The van der Waals surface area contributed by atoms with Crippen LogP contribution in [0, 0.1) is 0 Å². The second kappa shape index (κ2) is 6.61. The molecule has 3 aromatic rings. The quantitative estimate of drug-likeness (QED) is 0.756. The number of amides is 1. The maximum atomic E-state index is 12.3. The molecule has 0 bridgehead atoms. The smallest absolute Gasteiger partial charge is 0.254 e. The van der Waals surface area contributed by atoms with Crippen molar-refractivity contribution in [3.63, 3.8) is 0 Å². The number of para-hydroxylation sites is 1. The normalized spacial score (nSPS) is 12.1. The number of nitrogens with one attached hydrogen (secondary N) is 1. The van der Waals surface area contributed by atoms with Gasteiger partial charge < -0.3 is 10.2 Å². The fraction of sp³-hybridized carbons (Fsp3) is 0.312. The lowest BCUT2D eigenvalue weighted by Gasteiger charge is -2.14.